The monoisotopic (exact) mass is 295 g/mol. The Balaban J connectivity index is 1.79. The largest absolute Gasteiger partial charge is 0.305 e. The molecule has 0 aromatic heterocycles. The number of amides is 2. The van der Waals surface area contributed by atoms with Gasteiger partial charge in [0.05, 0.1) is 12.5 Å². The highest BCUT2D eigenvalue weighted by Crippen LogP contribution is 2.20. The van der Waals surface area contributed by atoms with E-state index in [0.29, 0.717) is 12.3 Å². The summed E-state index contributed by atoms with van der Waals surface area (Å²) in [6.45, 7) is 10.4. The highest BCUT2D eigenvalue weighted by atomic mass is 16.2. The Morgan fingerprint density at radius 2 is 1.90 bits per heavy atom. The number of hydrogen-bond donors (Lipinski definition) is 1. The average Bonchev–Trinajstić information content (AvgIpc) is 2.79. The maximum Gasteiger partial charge on any atom is 0.247 e. The molecule has 0 aliphatic carbocycles. The zero-order chi connectivity index (χ0) is 15.4. The maximum absolute atomic E-state index is 12.3. The summed E-state index contributed by atoms with van der Waals surface area (Å²) < 4.78 is 0. The van der Waals surface area contributed by atoms with Crippen LogP contribution in [0.25, 0.3) is 0 Å². The summed E-state index contributed by atoms with van der Waals surface area (Å²) in [6.07, 6.45) is 3.52. The Bertz CT molecular complexity index is 378. The lowest BCUT2D eigenvalue weighted by molar-refractivity contribution is -0.141. The minimum Gasteiger partial charge on any atom is -0.305 e. The second-order valence-electron chi connectivity index (χ2n) is 6.40. The third kappa shape index (κ3) is 3.83. The predicted octanol–water partition coefficient (Wildman–Crippen LogP) is 1.23. The molecule has 2 aliphatic heterocycles. The Kier molecular flexibility index (Phi) is 5.76. The van der Waals surface area contributed by atoms with Gasteiger partial charge >= 0.3 is 0 Å². The number of likely N-dealkylation sites (tertiary alicyclic amines) is 2. The van der Waals surface area contributed by atoms with Gasteiger partial charge in [-0.05, 0) is 58.3 Å². The van der Waals surface area contributed by atoms with Crippen molar-refractivity contribution in [1.82, 2.24) is 15.1 Å². The van der Waals surface area contributed by atoms with E-state index in [-0.39, 0.29) is 23.9 Å². The van der Waals surface area contributed by atoms with Crippen LogP contribution in [0, 0.1) is 5.92 Å². The molecule has 1 N–H and O–H groups in total. The molecule has 0 bridgehead atoms. The van der Waals surface area contributed by atoms with E-state index in [0.717, 1.165) is 32.6 Å². The summed E-state index contributed by atoms with van der Waals surface area (Å²) in [5.41, 5.74) is 0. The van der Waals surface area contributed by atoms with Gasteiger partial charge in [-0.2, -0.15) is 0 Å². The minimum absolute atomic E-state index is 0.0181. The van der Waals surface area contributed by atoms with Crippen LogP contribution in [0.2, 0.25) is 0 Å². The van der Waals surface area contributed by atoms with Gasteiger partial charge in [0, 0.05) is 6.04 Å². The first-order valence-electron chi connectivity index (χ1n) is 8.38. The van der Waals surface area contributed by atoms with E-state index in [2.05, 4.69) is 17.1 Å². The van der Waals surface area contributed by atoms with Crippen molar-refractivity contribution in [2.75, 3.05) is 26.2 Å². The molecular weight excluding hydrogens is 266 g/mol. The van der Waals surface area contributed by atoms with Crippen LogP contribution in [0.4, 0.5) is 0 Å². The van der Waals surface area contributed by atoms with Crippen molar-refractivity contribution >= 4 is 11.8 Å². The van der Waals surface area contributed by atoms with Gasteiger partial charge in [-0.25, -0.2) is 0 Å². The molecule has 2 aliphatic rings. The van der Waals surface area contributed by atoms with Crippen molar-refractivity contribution in [2.45, 2.75) is 58.5 Å². The molecule has 0 aromatic rings. The molecule has 2 atom stereocenters. The van der Waals surface area contributed by atoms with E-state index >= 15 is 0 Å². The number of carbonyl (C=O) groups is 2. The van der Waals surface area contributed by atoms with Crippen molar-refractivity contribution < 1.29 is 9.59 Å². The number of imide groups is 1. The standard InChI is InChI=1S/C16H29N3O2/c1-4-12(3)19-15(20)10-14(16(19)21)17-11-13-6-8-18(5-2)9-7-13/h12-14,17H,4-11H2,1-3H3. The third-order valence-corrected chi connectivity index (χ3v) is 5.02. The highest BCUT2D eigenvalue weighted by Gasteiger charge is 2.40. The summed E-state index contributed by atoms with van der Waals surface area (Å²) in [4.78, 5) is 28.2. The Morgan fingerprint density at radius 1 is 1.24 bits per heavy atom. The second-order valence-corrected chi connectivity index (χ2v) is 6.40. The molecule has 21 heavy (non-hydrogen) atoms. The Labute approximate surface area is 128 Å². The molecule has 5 heteroatoms. The smallest absolute Gasteiger partial charge is 0.247 e. The maximum atomic E-state index is 12.3. The van der Waals surface area contributed by atoms with Crippen molar-refractivity contribution in [3.63, 3.8) is 0 Å². The number of carbonyl (C=O) groups excluding carboxylic acids is 2. The van der Waals surface area contributed by atoms with Gasteiger partial charge in [-0.3, -0.25) is 14.5 Å². The van der Waals surface area contributed by atoms with Crippen LogP contribution in [-0.4, -0.2) is 59.9 Å². The first-order chi connectivity index (χ1) is 10.1. The van der Waals surface area contributed by atoms with Crippen LogP contribution < -0.4 is 5.32 Å². The van der Waals surface area contributed by atoms with Crippen molar-refractivity contribution in [1.29, 1.82) is 0 Å². The van der Waals surface area contributed by atoms with Gasteiger partial charge in [0.2, 0.25) is 11.8 Å². The average molecular weight is 295 g/mol. The van der Waals surface area contributed by atoms with Gasteiger partial charge < -0.3 is 10.2 Å². The van der Waals surface area contributed by atoms with Gasteiger partial charge in [0.1, 0.15) is 0 Å². The van der Waals surface area contributed by atoms with E-state index in [1.165, 1.54) is 17.7 Å². The lowest BCUT2D eigenvalue weighted by Gasteiger charge is -2.31. The minimum atomic E-state index is -0.296. The lowest BCUT2D eigenvalue weighted by atomic mass is 9.96. The molecule has 5 nitrogen and oxygen atoms in total. The number of nitrogens with one attached hydrogen (secondary N) is 1. The normalized spacial score (nSPS) is 26.6. The van der Waals surface area contributed by atoms with Crippen LogP contribution in [0.15, 0.2) is 0 Å². The summed E-state index contributed by atoms with van der Waals surface area (Å²) >= 11 is 0. The van der Waals surface area contributed by atoms with Gasteiger partial charge in [0.15, 0.2) is 0 Å². The van der Waals surface area contributed by atoms with Crippen LogP contribution in [0.5, 0.6) is 0 Å². The summed E-state index contributed by atoms with van der Waals surface area (Å²) in [5, 5.41) is 3.34. The fourth-order valence-corrected chi connectivity index (χ4v) is 3.27. The van der Waals surface area contributed by atoms with Crippen molar-refractivity contribution in [2.24, 2.45) is 5.92 Å². The Morgan fingerprint density at radius 3 is 2.48 bits per heavy atom. The Hall–Kier alpha value is -0.940. The number of nitrogens with zero attached hydrogens (tertiary/aromatic N) is 2. The fourth-order valence-electron chi connectivity index (χ4n) is 3.27. The second kappa shape index (κ2) is 7.36. The van der Waals surface area contributed by atoms with E-state index in [1.54, 1.807) is 0 Å². The molecule has 2 rings (SSSR count). The molecular formula is C16H29N3O2. The van der Waals surface area contributed by atoms with Gasteiger partial charge in [-0.15, -0.1) is 0 Å². The predicted molar refractivity (Wildman–Crippen MR) is 82.9 cm³/mol. The van der Waals surface area contributed by atoms with E-state index in [4.69, 9.17) is 0 Å². The number of piperidine rings is 1. The topological polar surface area (TPSA) is 52.7 Å². The first-order valence-corrected chi connectivity index (χ1v) is 8.38. The van der Waals surface area contributed by atoms with E-state index < -0.39 is 0 Å². The SMILES string of the molecule is CCC(C)N1C(=O)CC(NCC2CCN(CC)CC2)C1=O. The zero-order valence-electron chi connectivity index (χ0n) is 13.6. The van der Waals surface area contributed by atoms with Crippen LogP contribution in [0.1, 0.15) is 46.5 Å². The lowest BCUT2D eigenvalue weighted by Crippen LogP contribution is -2.45. The quantitative estimate of drug-likeness (QED) is 0.749. The highest BCUT2D eigenvalue weighted by molar-refractivity contribution is 6.05. The van der Waals surface area contributed by atoms with Crippen molar-refractivity contribution in [3.8, 4) is 0 Å². The number of hydrogen-bond acceptors (Lipinski definition) is 4. The zero-order valence-corrected chi connectivity index (χ0v) is 13.6. The van der Waals surface area contributed by atoms with E-state index in [1.807, 2.05) is 13.8 Å². The fraction of sp³-hybridized carbons (Fsp3) is 0.875. The third-order valence-electron chi connectivity index (χ3n) is 5.02. The van der Waals surface area contributed by atoms with Crippen LogP contribution in [-0.2, 0) is 9.59 Å². The molecule has 2 fully saturated rings. The van der Waals surface area contributed by atoms with E-state index in [9.17, 15) is 9.59 Å². The first kappa shape index (κ1) is 16.4. The molecule has 0 spiro atoms. The molecule has 2 unspecified atom stereocenters. The molecule has 0 radical (unpaired) electrons. The summed E-state index contributed by atoms with van der Waals surface area (Å²) in [7, 11) is 0. The van der Waals surface area contributed by atoms with Gasteiger partial charge in [-0.1, -0.05) is 13.8 Å². The van der Waals surface area contributed by atoms with Crippen LogP contribution in [0.3, 0.4) is 0 Å². The number of rotatable bonds is 6. The van der Waals surface area contributed by atoms with Gasteiger partial charge in [0.25, 0.3) is 0 Å². The molecule has 0 aromatic carbocycles. The van der Waals surface area contributed by atoms with Crippen molar-refractivity contribution in [3.05, 3.63) is 0 Å². The molecule has 0 saturated carbocycles. The molecule has 2 heterocycles. The molecule has 2 saturated heterocycles. The summed E-state index contributed by atoms with van der Waals surface area (Å²) in [5.74, 6) is 0.585. The molecule has 120 valence electrons. The van der Waals surface area contributed by atoms with Crippen LogP contribution >= 0.6 is 0 Å². The molecule has 2 amide bonds. The summed E-state index contributed by atoms with van der Waals surface area (Å²) in [6, 6.07) is -0.278.